The minimum Gasteiger partial charge on any atom is -0.435 e. The fraction of sp³-hybridized carbons (Fsp3) is 0.267. The van der Waals surface area contributed by atoms with Gasteiger partial charge in [0.15, 0.2) is 0 Å². The normalized spacial score (nSPS) is 13.4. The number of amides is 2. The molecule has 23 heavy (non-hydrogen) atoms. The fourth-order valence-electron chi connectivity index (χ4n) is 1.85. The van der Waals surface area contributed by atoms with E-state index in [0.29, 0.717) is 5.69 Å². The van der Waals surface area contributed by atoms with Crippen LogP contribution in [0.1, 0.15) is 11.8 Å². The Hall–Kier alpha value is -2.19. The molecule has 5 nitrogen and oxygen atoms in total. The summed E-state index contributed by atoms with van der Waals surface area (Å²) in [6, 6.07) is 8.68. The van der Waals surface area contributed by atoms with Gasteiger partial charge in [-0.2, -0.15) is 8.78 Å². The Morgan fingerprint density at radius 2 is 2.17 bits per heavy atom. The first-order valence-corrected chi connectivity index (χ1v) is 7.61. The van der Waals surface area contributed by atoms with Crippen molar-refractivity contribution in [2.45, 2.75) is 19.1 Å². The first kappa shape index (κ1) is 17.2. The van der Waals surface area contributed by atoms with Crippen LogP contribution in [0.3, 0.4) is 0 Å². The average Bonchev–Trinajstić information content (AvgIpc) is 3.00. The highest BCUT2D eigenvalue weighted by molar-refractivity contribution is 7.10. The summed E-state index contributed by atoms with van der Waals surface area (Å²) in [4.78, 5) is 12.6. The van der Waals surface area contributed by atoms with Crippen LogP contribution in [0.5, 0.6) is 5.75 Å². The van der Waals surface area contributed by atoms with E-state index in [0.717, 1.165) is 4.88 Å². The van der Waals surface area contributed by atoms with E-state index in [1.54, 1.807) is 13.0 Å². The second kappa shape index (κ2) is 7.38. The lowest BCUT2D eigenvalue weighted by Gasteiger charge is -2.22. The van der Waals surface area contributed by atoms with Gasteiger partial charge < -0.3 is 20.5 Å². The summed E-state index contributed by atoms with van der Waals surface area (Å²) in [6.45, 7) is -1.33. The van der Waals surface area contributed by atoms with Crippen LogP contribution in [0.2, 0.25) is 0 Å². The molecule has 0 radical (unpaired) electrons. The summed E-state index contributed by atoms with van der Waals surface area (Å²) in [5.74, 6) is -0.0524. The SMILES string of the molecule is CC(O)(CNC(=O)Nc1cccc(OC(F)F)c1)c1cccs1. The zero-order valence-corrected chi connectivity index (χ0v) is 13.1. The van der Waals surface area contributed by atoms with Crippen molar-refractivity contribution in [3.63, 3.8) is 0 Å². The number of rotatable bonds is 6. The predicted octanol–water partition coefficient (Wildman–Crippen LogP) is 3.38. The molecule has 0 bridgehead atoms. The molecule has 8 heteroatoms. The van der Waals surface area contributed by atoms with Gasteiger partial charge in [-0.25, -0.2) is 4.79 Å². The number of hydrogen-bond acceptors (Lipinski definition) is 4. The molecule has 1 atom stereocenters. The number of halogens is 2. The molecular formula is C15H16F2N2O3S. The molecular weight excluding hydrogens is 326 g/mol. The van der Waals surface area contributed by atoms with Gasteiger partial charge in [-0.3, -0.25) is 0 Å². The van der Waals surface area contributed by atoms with E-state index in [4.69, 9.17) is 0 Å². The number of alkyl halides is 2. The Morgan fingerprint density at radius 3 is 2.83 bits per heavy atom. The summed E-state index contributed by atoms with van der Waals surface area (Å²) < 4.78 is 28.6. The molecule has 3 N–H and O–H groups in total. The van der Waals surface area contributed by atoms with E-state index < -0.39 is 18.2 Å². The van der Waals surface area contributed by atoms with Crippen molar-refractivity contribution in [3.05, 3.63) is 46.7 Å². The summed E-state index contributed by atoms with van der Waals surface area (Å²) in [5.41, 5.74) is -0.886. The second-order valence-electron chi connectivity index (χ2n) is 4.97. The lowest BCUT2D eigenvalue weighted by Crippen LogP contribution is -2.40. The predicted molar refractivity (Wildman–Crippen MR) is 84.0 cm³/mol. The monoisotopic (exact) mass is 342 g/mol. The molecule has 2 aromatic rings. The third-order valence-electron chi connectivity index (χ3n) is 2.96. The van der Waals surface area contributed by atoms with Crippen molar-refractivity contribution in [2.24, 2.45) is 0 Å². The molecule has 0 spiro atoms. The van der Waals surface area contributed by atoms with Crippen molar-refractivity contribution in [1.29, 1.82) is 0 Å². The van der Waals surface area contributed by atoms with E-state index in [-0.39, 0.29) is 12.3 Å². The van der Waals surface area contributed by atoms with Crippen LogP contribution in [0.4, 0.5) is 19.3 Å². The number of aliphatic hydroxyl groups is 1. The Kier molecular flexibility index (Phi) is 5.51. The number of benzene rings is 1. The Bertz CT molecular complexity index is 648. The number of carbonyl (C=O) groups excluding carboxylic acids is 1. The van der Waals surface area contributed by atoms with Gasteiger partial charge in [0, 0.05) is 16.6 Å². The third kappa shape index (κ3) is 5.19. The number of urea groups is 1. The Labute approximate surface area is 135 Å². The summed E-state index contributed by atoms with van der Waals surface area (Å²) in [6.07, 6.45) is 0. The van der Waals surface area contributed by atoms with Crippen LogP contribution in [0, 0.1) is 0 Å². The van der Waals surface area contributed by atoms with Crippen LogP contribution in [-0.4, -0.2) is 24.3 Å². The van der Waals surface area contributed by atoms with Gasteiger partial charge in [-0.15, -0.1) is 11.3 Å². The maximum Gasteiger partial charge on any atom is 0.387 e. The minimum absolute atomic E-state index is 0.00652. The molecule has 1 aromatic heterocycles. The molecule has 0 saturated carbocycles. The van der Waals surface area contributed by atoms with Crippen LogP contribution in [-0.2, 0) is 5.60 Å². The second-order valence-corrected chi connectivity index (χ2v) is 5.91. The van der Waals surface area contributed by atoms with Crippen molar-refractivity contribution in [2.75, 3.05) is 11.9 Å². The highest BCUT2D eigenvalue weighted by atomic mass is 32.1. The lowest BCUT2D eigenvalue weighted by molar-refractivity contribution is -0.0498. The van der Waals surface area contributed by atoms with Gasteiger partial charge in [0.05, 0.1) is 6.54 Å². The van der Waals surface area contributed by atoms with Gasteiger partial charge in [0.25, 0.3) is 0 Å². The van der Waals surface area contributed by atoms with Gasteiger partial charge in [-0.1, -0.05) is 12.1 Å². The molecule has 124 valence electrons. The molecule has 2 rings (SSSR count). The highest BCUT2D eigenvalue weighted by Gasteiger charge is 2.24. The van der Waals surface area contributed by atoms with Gasteiger partial charge in [0.1, 0.15) is 11.4 Å². The highest BCUT2D eigenvalue weighted by Crippen LogP contribution is 2.24. The zero-order valence-electron chi connectivity index (χ0n) is 12.3. The van der Waals surface area contributed by atoms with Crippen molar-refractivity contribution in [1.82, 2.24) is 5.32 Å². The summed E-state index contributed by atoms with van der Waals surface area (Å²) in [5, 5.41) is 17.2. The van der Waals surface area contributed by atoms with Crippen LogP contribution in [0.15, 0.2) is 41.8 Å². The van der Waals surface area contributed by atoms with E-state index in [9.17, 15) is 18.7 Å². The summed E-state index contributed by atoms with van der Waals surface area (Å²) in [7, 11) is 0. The Morgan fingerprint density at radius 1 is 1.39 bits per heavy atom. The van der Waals surface area contributed by atoms with Crippen LogP contribution >= 0.6 is 11.3 Å². The first-order chi connectivity index (χ1) is 10.9. The maximum atomic E-state index is 12.2. The molecule has 1 heterocycles. The molecule has 0 aliphatic carbocycles. The number of carbonyl (C=O) groups is 1. The third-order valence-corrected chi connectivity index (χ3v) is 4.09. The summed E-state index contributed by atoms with van der Waals surface area (Å²) >= 11 is 1.38. The number of ether oxygens (including phenoxy) is 1. The van der Waals surface area contributed by atoms with E-state index in [2.05, 4.69) is 15.4 Å². The molecule has 1 unspecified atom stereocenters. The topological polar surface area (TPSA) is 70.6 Å². The smallest absolute Gasteiger partial charge is 0.387 e. The van der Waals surface area contributed by atoms with E-state index >= 15 is 0 Å². The van der Waals surface area contributed by atoms with E-state index in [1.807, 2.05) is 11.4 Å². The largest absolute Gasteiger partial charge is 0.435 e. The number of nitrogens with one attached hydrogen (secondary N) is 2. The van der Waals surface area contributed by atoms with E-state index in [1.165, 1.54) is 35.6 Å². The Balaban J connectivity index is 1.90. The fourth-order valence-corrected chi connectivity index (χ4v) is 2.64. The molecule has 1 aromatic carbocycles. The first-order valence-electron chi connectivity index (χ1n) is 6.73. The molecule has 0 aliphatic rings. The number of thiophene rings is 1. The van der Waals surface area contributed by atoms with Gasteiger partial charge >= 0.3 is 12.6 Å². The quantitative estimate of drug-likeness (QED) is 0.754. The van der Waals surface area contributed by atoms with Crippen molar-refractivity contribution >= 4 is 23.1 Å². The average molecular weight is 342 g/mol. The minimum atomic E-state index is -2.93. The standard InChI is InChI=1S/C15H16F2N2O3S/c1-15(21,12-6-3-7-23-12)9-18-14(20)19-10-4-2-5-11(8-10)22-13(16)17/h2-8,13,21H,9H2,1H3,(H2,18,19,20). The van der Waals surface area contributed by atoms with Crippen LogP contribution in [0.25, 0.3) is 0 Å². The molecule has 2 amide bonds. The van der Waals surface area contributed by atoms with Crippen molar-refractivity contribution < 1.29 is 23.4 Å². The van der Waals surface area contributed by atoms with Gasteiger partial charge in [0.2, 0.25) is 0 Å². The number of anilines is 1. The molecule has 0 aliphatic heterocycles. The molecule has 0 saturated heterocycles. The van der Waals surface area contributed by atoms with Gasteiger partial charge in [-0.05, 0) is 30.5 Å². The zero-order chi connectivity index (χ0) is 16.9. The van der Waals surface area contributed by atoms with Crippen LogP contribution < -0.4 is 15.4 Å². The lowest BCUT2D eigenvalue weighted by atomic mass is 10.1. The molecule has 0 fully saturated rings. The number of hydrogen-bond donors (Lipinski definition) is 3. The maximum absolute atomic E-state index is 12.2. The van der Waals surface area contributed by atoms with Crippen molar-refractivity contribution in [3.8, 4) is 5.75 Å².